The Balaban J connectivity index is 1.51. The van der Waals surface area contributed by atoms with Crippen molar-refractivity contribution in [3.8, 4) is 0 Å². The number of benzene rings is 5. The molecule has 0 aliphatic carbocycles. The van der Waals surface area contributed by atoms with Crippen LogP contribution < -0.4 is 15.9 Å². The number of para-hydroxylation sites is 2. The van der Waals surface area contributed by atoms with Crippen molar-refractivity contribution in [1.82, 2.24) is 14.4 Å². The van der Waals surface area contributed by atoms with Crippen molar-refractivity contribution in [2.45, 2.75) is 0 Å². The Morgan fingerprint density at radius 2 is 1.18 bits per heavy atom. The Bertz CT molecular complexity index is 2210. The molecule has 0 unspecified atom stereocenters. The lowest BCUT2D eigenvalue weighted by atomic mass is 10.1. The summed E-state index contributed by atoms with van der Waals surface area (Å²) in [5.41, 5.74) is 5.99. The van der Waals surface area contributed by atoms with Crippen molar-refractivity contribution in [1.29, 1.82) is 0 Å². The van der Waals surface area contributed by atoms with Crippen LogP contribution in [0.3, 0.4) is 0 Å². The molecular weight excluding hydrogens is 513 g/mol. The number of rotatable bonds is 3. The molecule has 0 aliphatic heterocycles. The molecule has 8 rings (SSSR count). The van der Waals surface area contributed by atoms with Gasteiger partial charge in [0.25, 0.3) is 0 Å². The maximum absolute atomic E-state index is 6.66. The highest BCUT2D eigenvalue weighted by molar-refractivity contribution is 8.25. The second-order valence-corrected chi connectivity index (χ2v) is 14.2. The summed E-state index contributed by atoms with van der Waals surface area (Å²) in [4.78, 5) is 10.3. The molecule has 0 saturated heterocycles. The summed E-state index contributed by atoms with van der Waals surface area (Å²) >= 11 is 6.66. The van der Waals surface area contributed by atoms with Crippen molar-refractivity contribution in [3.05, 3.63) is 133 Å². The molecule has 0 atom stereocenters. The lowest BCUT2D eigenvalue weighted by molar-refractivity contribution is 1.31. The normalized spacial score (nSPS) is 12.2. The van der Waals surface area contributed by atoms with E-state index in [4.69, 9.17) is 21.8 Å². The fourth-order valence-electron chi connectivity index (χ4n) is 5.77. The smallest absolute Gasteiger partial charge is 0.147 e. The summed E-state index contributed by atoms with van der Waals surface area (Å²) in [7, 11) is 0. The minimum absolute atomic E-state index is 0.918. The van der Waals surface area contributed by atoms with Crippen LogP contribution in [0.4, 0.5) is 0 Å². The molecule has 3 heterocycles. The molecule has 184 valence electrons. The van der Waals surface area contributed by atoms with E-state index >= 15 is 0 Å². The zero-order chi connectivity index (χ0) is 26.0. The molecule has 5 aromatic carbocycles. The van der Waals surface area contributed by atoms with Gasteiger partial charge in [-0.2, -0.15) is 0 Å². The lowest BCUT2D eigenvalue weighted by Crippen LogP contribution is -2.24. The average Bonchev–Trinajstić information content (AvgIpc) is 3.40. The van der Waals surface area contributed by atoms with E-state index in [-0.39, 0.29) is 0 Å². The zero-order valence-electron chi connectivity index (χ0n) is 20.9. The van der Waals surface area contributed by atoms with Crippen LogP contribution in [0.25, 0.3) is 49.4 Å². The number of nitrogens with zero attached hydrogens (tertiary/aromatic N) is 3. The fourth-order valence-corrected chi connectivity index (χ4v) is 9.51. The Morgan fingerprint density at radius 3 is 1.95 bits per heavy atom. The summed E-state index contributed by atoms with van der Waals surface area (Å²) in [6, 6.07) is 44.5. The van der Waals surface area contributed by atoms with Gasteiger partial charge in [-0.05, 0) is 46.2 Å². The van der Waals surface area contributed by atoms with Gasteiger partial charge in [0.05, 0.1) is 27.6 Å². The van der Waals surface area contributed by atoms with Crippen molar-refractivity contribution in [3.63, 3.8) is 0 Å². The first-order valence-corrected chi connectivity index (χ1v) is 15.8. The predicted octanol–water partition coefficient (Wildman–Crippen LogP) is 7.10. The minimum Gasteiger partial charge on any atom is -0.292 e. The van der Waals surface area contributed by atoms with E-state index in [1.807, 2.05) is 6.07 Å². The van der Waals surface area contributed by atoms with Gasteiger partial charge in [0.2, 0.25) is 0 Å². The SMILES string of the molecule is S=P(c1ccccc1)(c1ccccc1)c1ccc2nc3c4cc5ccccc5nc4c4ccccc4n3c2c1. The highest BCUT2D eigenvalue weighted by atomic mass is 32.4. The third kappa shape index (κ3) is 3.32. The Hall–Kier alpha value is -4.37. The van der Waals surface area contributed by atoms with Gasteiger partial charge in [-0.15, -0.1) is 0 Å². The maximum atomic E-state index is 6.66. The molecule has 0 fully saturated rings. The van der Waals surface area contributed by atoms with Crippen LogP contribution in [0.1, 0.15) is 0 Å². The van der Waals surface area contributed by atoms with Gasteiger partial charge in [-0.25, -0.2) is 9.97 Å². The van der Waals surface area contributed by atoms with Crippen molar-refractivity contribution >= 4 is 83.1 Å². The summed E-state index contributed by atoms with van der Waals surface area (Å²) in [5.74, 6) is 0. The van der Waals surface area contributed by atoms with Gasteiger partial charge >= 0.3 is 0 Å². The molecular formula is C34H22N3PS. The van der Waals surface area contributed by atoms with Crippen LogP contribution in [0.5, 0.6) is 0 Å². The zero-order valence-corrected chi connectivity index (χ0v) is 22.6. The largest absolute Gasteiger partial charge is 0.292 e. The molecule has 0 saturated carbocycles. The molecule has 0 aliphatic rings. The number of imidazole rings is 1. The van der Waals surface area contributed by atoms with E-state index in [1.54, 1.807) is 0 Å². The molecule has 0 spiro atoms. The summed E-state index contributed by atoms with van der Waals surface area (Å²) < 4.78 is 2.29. The number of aromatic nitrogens is 3. The van der Waals surface area contributed by atoms with Crippen molar-refractivity contribution in [2.75, 3.05) is 0 Å². The maximum Gasteiger partial charge on any atom is 0.147 e. The quantitative estimate of drug-likeness (QED) is 0.137. The van der Waals surface area contributed by atoms with E-state index < -0.39 is 6.04 Å². The fraction of sp³-hybridized carbons (Fsp3) is 0. The number of fused-ring (bicyclic) bond motifs is 9. The van der Waals surface area contributed by atoms with Crippen LogP contribution in [-0.4, -0.2) is 14.4 Å². The van der Waals surface area contributed by atoms with Gasteiger partial charge < -0.3 is 0 Å². The van der Waals surface area contributed by atoms with E-state index in [1.165, 1.54) is 10.6 Å². The van der Waals surface area contributed by atoms with Crippen molar-refractivity contribution in [2.24, 2.45) is 0 Å². The first kappa shape index (κ1) is 22.6. The van der Waals surface area contributed by atoms with Gasteiger partial charge in [-0.3, -0.25) is 4.40 Å². The Labute approximate surface area is 230 Å². The molecule has 0 N–H and O–H groups in total. The summed E-state index contributed by atoms with van der Waals surface area (Å²) in [6.45, 7) is 0. The second kappa shape index (κ2) is 8.57. The standard InChI is InChI=1S/C34H22N3PS/c39-38(24-12-3-1-4-13-24,25-14-5-2-6-15-25)26-19-20-30-32(22-26)37-31-18-10-8-16-27(31)33-28(34(37)36-30)21-23-11-7-9-17-29(23)35-33/h1-22H. The molecule has 0 bridgehead atoms. The highest BCUT2D eigenvalue weighted by Gasteiger charge is 2.26. The first-order chi connectivity index (χ1) is 19.2. The van der Waals surface area contributed by atoms with Crippen LogP contribution in [-0.2, 0) is 11.8 Å². The lowest BCUT2D eigenvalue weighted by Gasteiger charge is -2.24. The third-order valence-electron chi connectivity index (χ3n) is 7.61. The van der Waals surface area contributed by atoms with Crippen molar-refractivity contribution < 1.29 is 0 Å². The molecule has 5 heteroatoms. The van der Waals surface area contributed by atoms with Gasteiger partial charge in [-0.1, -0.05) is 115 Å². The van der Waals surface area contributed by atoms with E-state index in [2.05, 4.69) is 132 Å². The average molecular weight is 536 g/mol. The van der Waals surface area contributed by atoms with Gasteiger partial charge in [0, 0.05) is 22.2 Å². The van der Waals surface area contributed by atoms with E-state index in [0.717, 1.165) is 54.7 Å². The first-order valence-electron chi connectivity index (χ1n) is 13.0. The Morgan fingerprint density at radius 1 is 0.513 bits per heavy atom. The summed E-state index contributed by atoms with van der Waals surface area (Å²) in [6.07, 6.45) is 0. The number of pyridine rings is 2. The van der Waals surface area contributed by atoms with Gasteiger partial charge in [0.1, 0.15) is 5.65 Å². The molecule has 8 aromatic rings. The summed E-state index contributed by atoms with van der Waals surface area (Å²) in [5, 5.41) is 6.80. The number of hydrogen-bond acceptors (Lipinski definition) is 3. The van der Waals surface area contributed by atoms with Crippen LogP contribution in [0.2, 0.25) is 0 Å². The molecule has 3 nitrogen and oxygen atoms in total. The number of hydrogen-bond donors (Lipinski definition) is 0. The topological polar surface area (TPSA) is 30.2 Å². The molecule has 39 heavy (non-hydrogen) atoms. The monoisotopic (exact) mass is 535 g/mol. The minimum atomic E-state index is -2.30. The molecule has 0 radical (unpaired) electrons. The highest BCUT2D eigenvalue weighted by Crippen LogP contribution is 2.43. The predicted molar refractivity (Wildman–Crippen MR) is 169 cm³/mol. The van der Waals surface area contributed by atoms with Crippen LogP contribution in [0, 0.1) is 0 Å². The van der Waals surface area contributed by atoms with E-state index in [9.17, 15) is 0 Å². The van der Waals surface area contributed by atoms with Gasteiger partial charge in [0.15, 0.2) is 0 Å². The Kier molecular flexibility index (Phi) is 4.97. The van der Waals surface area contributed by atoms with Crippen LogP contribution >= 0.6 is 6.04 Å². The van der Waals surface area contributed by atoms with E-state index in [0.29, 0.717) is 0 Å². The molecule has 0 amide bonds. The third-order valence-corrected chi connectivity index (χ3v) is 12.6. The molecule has 3 aromatic heterocycles. The second-order valence-electron chi connectivity index (χ2n) is 9.82. The van der Waals surface area contributed by atoms with Crippen LogP contribution in [0.15, 0.2) is 133 Å².